The molecule has 134 valence electrons. The van der Waals surface area contributed by atoms with E-state index in [1.165, 1.54) is 5.41 Å². The highest BCUT2D eigenvalue weighted by Crippen LogP contribution is 2.25. The lowest BCUT2D eigenvalue weighted by Gasteiger charge is -2.25. The van der Waals surface area contributed by atoms with Crippen LogP contribution in [0.5, 0.6) is 0 Å². The second-order valence-corrected chi connectivity index (χ2v) is 8.11. The van der Waals surface area contributed by atoms with E-state index >= 15 is 0 Å². The molecular weight excluding hydrogens is 360 g/mol. The third kappa shape index (κ3) is 5.19. The van der Waals surface area contributed by atoms with Crippen LogP contribution in [0.1, 0.15) is 30.2 Å². The van der Waals surface area contributed by atoms with Crippen LogP contribution in [0.15, 0.2) is 52.5 Å². The number of rotatable bonds is 7. The summed E-state index contributed by atoms with van der Waals surface area (Å²) in [5.74, 6) is 0.784. The minimum atomic E-state index is -3.54. The third-order valence-electron chi connectivity index (χ3n) is 4.24. The van der Waals surface area contributed by atoms with Gasteiger partial charge >= 0.3 is 0 Å². The molecule has 0 aliphatic carbocycles. The van der Waals surface area contributed by atoms with Crippen molar-refractivity contribution < 1.29 is 12.8 Å². The van der Waals surface area contributed by atoms with Crippen LogP contribution in [-0.4, -0.2) is 33.0 Å². The molecule has 1 aromatic heterocycles. The van der Waals surface area contributed by atoms with Crippen LogP contribution in [0.4, 0.5) is 0 Å². The molecule has 1 unspecified atom stereocenters. The summed E-state index contributed by atoms with van der Waals surface area (Å²) >= 11 is 5.83. The van der Waals surface area contributed by atoms with Gasteiger partial charge in [-0.3, -0.25) is 4.90 Å². The molecule has 0 amide bonds. The zero-order valence-electron chi connectivity index (χ0n) is 13.8. The molecule has 0 saturated carbocycles. The van der Waals surface area contributed by atoms with Gasteiger partial charge in [0.05, 0.1) is 12.3 Å². The molecule has 1 atom stereocenters. The van der Waals surface area contributed by atoms with Crippen molar-refractivity contribution in [1.82, 2.24) is 9.62 Å². The standard InChI is InChI=1S/C18H21ClN2O3S/c19-16-7-5-15(6-8-16)9-13-25(22,23)20-14-17(18-4-3-12-24-18)21-10-1-2-11-21/h3-9,12-13,17,20H,1-2,10-11,14H2/b13-9+. The summed E-state index contributed by atoms with van der Waals surface area (Å²) in [4.78, 5) is 2.25. The van der Waals surface area contributed by atoms with Crippen molar-refractivity contribution in [2.75, 3.05) is 19.6 Å². The van der Waals surface area contributed by atoms with Gasteiger partial charge in [0.1, 0.15) is 5.76 Å². The smallest absolute Gasteiger partial charge is 0.233 e. The van der Waals surface area contributed by atoms with Gasteiger partial charge in [-0.15, -0.1) is 0 Å². The lowest BCUT2D eigenvalue weighted by Crippen LogP contribution is -2.35. The van der Waals surface area contributed by atoms with Gasteiger partial charge in [0.15, 0.2) is 0 Å². The first kappa shape index (κ1) is 18.2. The van der Waals surface area contributed by atoms with Gasteiger partial charge in [0, 0.05) is 17.0 Å². The molecule has 1 aliphatic heterocycles. The van der Waals surface area contributed by atoms with E-state index in [1.807, 2.05) is 12.1 Å². The second-order valence-electron chi connectivity index (χ2n) is 6.02. The van der Waals surface area contributed by atoms with E-state index in [0.29, 0.717) is 5.02 Å². The monoisotopic (exact) mass is 380 g/mol. The van der Waals surface area contributed by atoms with Crippen LogP contribution < -0.4 is 4.72 Å². The normalized spacial score (nSPS) is 17.3. The number of hydrogen-bond acceptors (Lipinski definition) is 4. The first-order chi connectivity index (χ1) is 12.0. The number of furan rings is 1. The predicted octanol–water partition coefficient (Wildman–Crippen LogP) is 3.66. The van der Waals surface area contributed by atoms with E-state index < -0.39 is 10.0 Å². The Labute approximate surface area is 153 Å². The number of sulfonamides is 1. The van der Waals surface area contributed by atoms with Crippen molar-refractivity contribution in [1.29, 1.82) is 0 Å². The van der Waals surface area contributed by atoms with Gasteiger partial charge in [-0.25, -0.2) is 13.1 Å². The fraction of sp³-hybridized carbons (Fsp3) is 0.333. The van der Waals surface area contributed by atoms with E-state index in [2.05, 4.69) is 9.62 Å². The number of halogens is 1. The Morgan fingerprint density at radius 3 is 2.56 bits per heavy atom. The Morgan fingerprint density at radius 1 is 1.20 bits per heavy atom. The predicted molar refractivity (Wildman–Crippen MR) is 99.7 cm³/mol. The van der Waals surface area contributed by atoms with E-state index in [9.17, 15) is 8.42 Å². The zero-order chi connectivity index (χ0) is 17.7. The Hall–Kier alpha value is -1.60. The molecule has 0 bridgehead atoms. The molecule has 1 aromatic carbocycles. The van der Waals surface area contributed by atoms with Crippen molar-refractivity contribution in [3.05, 3.63) is 64.4 Å². The van der Waals surface area contributed by atoms with E-state index in [-0.39, 0.29) is 12.6 Å². The van der Waals surface area contributed by atoms with Crippen LogP contribution in [0.25, 0.3) is 6.08 Å². The minimum absolute atomic E-state index is 0.0868. The average molecular weight is 381 g/mol. The highest BCUT2D eigenvalue weighted by Gasteiger charge is 2.26. The van der Waals surface area contributed by atoms with Gasteiger partial charge in [-0.2, -0.15) is 0 Å². The maximum Gasteiger partial charge on any atom is 0.233 e. The van der Waals surface area contributed by atoms with E-state index in [0.717, 1.165) is 37.3 Å². The van der Waals surface area contributed by atoms with Crippen LogP contribution in [0.3, 0.4) is 0 Å². The van der Waals surface area contributed by atoms with Gasteiger partial charge < -0.3 is 4.42 Å². The summed E-state index contributed by atoms with van der Waals surface area (Å²) < 4.78 is 32.7. The second kappa shape index (κ2) is 8.19. The van der Waals surface area contributed by atoms with Crippen molar-refractivity contribution in [2.45, 2.75) is 18.9 Å². The summed E-state index contributed by atoms with van der Waals surface area (Å²) in [6, 6.07) is 10.6. The molecule has 1 fully saturated rings. The van der Waals surface area contributed by atoms with Crippen molar-refractivity contribution in [3.8, 4) is 0 Å². The summed E-state index contributed by atoms with van der Waals surface area (Å²) in [7, 11) is -3.54. The van der Waals surface area contributed by atoms with Gasteiger partial charge in [0.25, 0.3) is 0 Å². The van der Waals surface area contributed by atoms with Crippen LogP contribution >= 0.6 is 11.6 Å². The highest BCUT2D eigenvalue weighted by molar-refractivity contribution is 7.92. The fourth-order valence-electron chi connectivity index (χ4n) is 2.93. The van der Waals surface area contributed by atoms with Crippen LogP contribution in [-0.2, 0) is 10.0 Å². The Kier molecular flexibility index (Phi) is 5.96. The third-order valence-corrected chi connectivity index (χ3v) is 5.56. The van der Waals surface area contributed by atoms with Crippen LogP contribution in [0, 0.1) is 0 Å². The van der Waals surface area contributed by atoms with E-state index in [4.69, 9.17) is 16.0 Å². The van der Waals surface area contributed by atoms with Crippen molar-refractivity contribution in [2.24, 2.45) is 0 Å². The number of hydrogen-bond donors (Lipinski definition) is 1. The Bertz CT molecular complexity index is 795. The number of nitrogens with zero attached hydrogens (tertiary/aromatic N) is 1. The largest absolute Gasteiger partial charge is 0.468 e. The Balaban J connectivity index is 1.65. The van der Waals surface area contributed by atoms with Gasteiger partial charge in [-0.05, 0) is 61.8 Å². The lowest BCUT2D eigenvalue weighted by molar-refractivity contribution is 0.216. The van der Waals surface area contributed by atoms with Gasteiger partial charge in [0.2, 0.25) is 10.0 Å². The zero-order valence-corrected chi connectivity index (χ0v) is 15.3. The van der Waals surface area contributed by atoms with E-state index in [1.54, 1.807) is 36.6 Å². The summed E-state index contributed by atoms with van der Waals surface area (Å²) in [5.41, 5.74) is 0.775. The topological polar surface area (TPSA) is 62.6 Å². The lowest BCUT2D eigenvalue weighted by atomic mass is 10.2. The molecule has 0 spiro atoms. The molecule has 1 saturated heterocycles. The molecule has 25 heavy (non-hydrogen) atoms. The molecule has 7 heteroatoms. The minimum Gasteiger partial charge on any atom is -0.468 e. The summed E-state index contributed by atoms with van der Waals surface area (Å²) in [6.07, 6.45) is 5.42. The first-order valence-corrected chi connectivity index (χ1v) is 10.2. The maximum absolute atomic E-state index is 12.3. The number of nitrogens with one attached hydrogen (secondary N) is 1. The molecule has 0 radical (unpaired) electrons. The maximum atomic E-state index is 12.3. The SMILES string of the molecule is O=S(=O)(/C=C/c1ccc(Cl)cc1)NCC(c1ccco1)N1CCCC1. The van der Waals surface area contributed by atoms with Crippen LogP contribution in [0.2, 0.25) is 5.02 Å². The summed E-state index contributed by atoms with van der Waals surface area (Å²) in [5, 5.41) is 1.80. The number of benzene rings is 1. The first-order valence-electron chi connectivity index (χ1n) is 8.24. The Morgan fingerprint density at radius 2 is 1.92 bits per heavy atom. The summed E-state index contributed by atoms with van der Waals surface area (Å²) in [6.45, 7) is 2.18. The number of likely N-dealkylation sites (tertiary alicyclic amines) is 1. The average Bonchev–Trinajstić information content (AvgIpc) is 3.29. The molecule has 2 heterocycles. The molecule has 3 rings (SSSR count). The van der Waals surface area contributed by atoms with Crippen molar-refractivity contribution in [3.63, 3.8) is 0 Å². The quantitative estimate of drug-likeness (QED) is 0.796. The molecule has 1 N–H and O–H groups in total. The van der Waals surface area contributed by atoms with Gasteiger partial charge in [-0.1, -0.05) is 23.7 Å². The molecular formula is C18H21ClN2O3S. The highest BCUT2D eigenvalue weighted by atomic mass is 35.5. The molecule has 2 aromatic rings. The fourth-order valence-corrected chi connectivity index (χ4v) is 3.88. The molecule has 1 aliphatic rings. The van der Waals surface area contributed by atoms with Crippen molar-refractivity contribution >= 4 is 27.7 Å². The molecule has 5 nitrogen and oxygen atoms in total.